The third-order valence-electron chi connectivity index (χ3n) is 2.58. The molecular weight excluding hydrogens is 278 g/mol. The zero-order valence-corrected chi connectivity index (χ0v) is 13.0. The number of aryl methyl sites for hydroxylation is 1. The van der Waals surface area contributed by atoms with Gasteiger partial charge in [-0.25, -0.2) is 0 Å². The van der Waals surface area contributed by atoms with Gasteiger partial charge in [-0.15, -0.1) is 10.2 Å². The third-order valence-corrected chi connectivity index (χ3v) is 3.78. The van der Waals surface area contributed by atoms with E-state index in [0.717, 1.165) is 39.3 Å². The van der Waals surface area contributed by atoms with Crippen LogP contribution in [0.5, 0.6) is 0 Å². The Morgan fingerprint density at radius 2 is 2.05 bits per heavy atom. The molecule has 1 N–H and O–H groups in total. The first-order valence-corrected chi connectivity index (χ1v) is 7.54. The minimum Gasteiger partial charge on any atom is -0.310 e. The van der Waals surface area contributed by atoms with Gasteiger partial charge < -0.3 is 5.32 Å². The highest BCUT2D eigenvalue weighted by Gasteiger charge is 2.08. The molecule has 0 aliphatic rings. The molecule has 19 heavy (non-hydrogen) atoms. The minimum atomic E-state index is 0.642. The molecule has 102 valence electrons. The molecular formula is C14H18ClN3S. The molecule has 0 spiro atoms. The van der Waals surface area contributed by atoms with Crippen LogP contribution in [-0.2, 0) is 6.54 Å². The normalized spacial score (nSPS) is 11.2. The molecule has 0 radical (unpaired) electrons. The van der Waals surface area contributed by atoms with E-state index in [9.17, 15) is 0 Å². The minimum absolute atomic E-state index is 0.642. The topological polar surface area (TPSA) is 37.8 Å². The summed E-state index contributed by atoms with van der Waals surface area (Å²) < 4.78 is 0. The third kappa shape index (κ3) is 4.27. The largest absolute Gasteiger partial charge is 0.310 e. The molecule has 0 amide bonds. The molecule has 0 aliphatic heterocycles. The monoisotopic (exact) mass is 295 g/mol. The van der Waals surface area contributed by atoms with Crippen molar-refractivity contribution < 1.29 is 0 Å². The summed E-state index contributed by atoms with van der Waals surface area (Å²) in [5.41, 5.74) is 2.18. The van der Waals surface area contributed by atoms with Crippen LogP contribution in [-0.4, -0.2) is 16.7 Å². The zero-order chi connectivity index (χ0) is 13.8. The Bertz CT molecular complexity index is 531. The molecule has 3 nitrogen and oxygen atoms in total. The summed E-state index contributed by atoms with van der Waals surface area (Å²) in [5.74, 6) is 0.642. The summed E-state index contributed by atoms with van der Waals surface area (Å²) in [7, 11) is 0. The number of nitrogens with one attached hydrogen (secondary N) is 1. The molecule has 0 bridgehead atoms. The number of hydrogen-bond donors (Lipinski definition) is 1. The maximum atomic E-state index is 6.07. The SMILES string of the molecule is Cc1cc(Cl)cc(-c2nnc(CNCC(C)C)s2)c1. The van der Waals surface area contributed by atoms with E-state index < -0.39 is 0 Å². The Hall–Kier alpha value is -0.970. The molecule has 0 aliphatic carbocycles. The molecule has 2 rings (SSSR count). The summed E-state index contributed by atoms with van der Waals surface area (Å²) in [6.07, 6.45) is 0. The molecule has 1 aromatic heterocycles. The Morgan fingerprint density at radius 1 is 1.26 bits per heavy atom. The number of halogens is 1. The lowest BCUT2D eigenvalue weighted by Crippen LogP contribution is -2.18. The Morgan fingerprint density at radius 3 is 2.74 bits per heavy atom. The fourth-order valence-electron chi connectivity index (χ4n) is 1.77. The summed E-state index contributed by atoms with van der Waals surface area (Å²) in [6.45, 7) is 8.17. The van der Waals surface area contributed by atoms with Gasteiger partial charge in [0.25, 0.3) is 0 Å². The predicted octanol–water partition coefficient (Wildman–Crippen LogP) is 3.91. The van der Waals surface area contributed by atoms with Gasteiger partial charge in [0.15, 0.2) is 0 Å². The average molecular weight is 296 g/mol. The maximum Gasteiger partial charge on any atom is 0.147 e. The van der Waals surface area contributed by atoms with Crippen molar-refractivity contribution in [3.8, 4) is 10.6 Å². The standard InChI is InChI=1S/C14H18ClN3S/c1-9(2)7-16-8-13-17-18-14(19-13)11-4-10(3)5-12(15)6-11/h4-6,9,16H,7-8H2,1-3H3. The summed E-state index contributed by atoms with van der Waals surface area (Å²) in [6, 6.07) is 5.95. The second kappa shape index (κ2) is 6.46. The summed E-state index contributed by atoms with van der Waals surface area (Å²) in [5, 5.41) is 14.5. The maximum absolute atomic E-state index is 6.07. The lowest BCUT2D eigenvalue weighted by atomic mass is 10.1. The van der Waals surface area contributed by atoms with Crippen LogP contribution in [0.1, 0.15) is 24.4 Å². The first-order chi connectivity index (χ1) is 9.04. The van der Waals surface area contributed by atoms with Gasteiger partial charge in [0, 0.05) is 17.1 Å². The number of aromatic nitrogens is 2. The van der Waals surface area contributed by atoms with Crippen molar-refractivity contribution in [1.82, 2.24) is 15.5 Å². The van der Waals surface area contributed by atoms with Gasteiger partial charge in [-0.05, 0) is 43.1 Å². The number of rotatable bonds is 5. The lowest BCUT2D eigenvalue weighted by Gasteiger charge is -2.04. The van der Waals surface area contributed by atoms with Crippen molar-refractivity contribution in [1.29, 1.82) is 0 Å². The fraction of sp³-hybridized carbons (Fsp3) is 0.429. The van der Waals surface area contributed by atoms with Crippen LogP contribution < -0.4 is 5.32 Å². The van der Waals surface area contributed by atoms with E-state index in [0.29, 0.717) is 5.92 Å². The molecule has 2 aromatic rings. The van der Waals surface area contributed by atoms with E-state index >= 15 is 0 Å². The van der Waals surface area contributed by atoms with E-state index in [1.807, 2.05) is 19.1 Å². The van der Waals surface area contributed by atoms with Crippen molar-refractivity contribution in [3.05, 3.63) is 33.8 Å². The molecule has 5 heteroatoms. The highest BCUT2D eigenvalue weighted by molar-refractivity contribution is 7.14. The van der Waals surface area contributed by atoms with Crippen molar-refractivity contribution in [2.75, 3.05) is 6.54 Å². The van der Waals surface area contributed by atoms with Gasteiger partial charge in [-0.1, -0.05) is 36.8 Å². The van der Waals surface area contributed by atoms with Gasteiger partial charge in [-0.2, -0.15) is 0 Å². The highest BCUT2D eigenvalue weighted by atomic mass is 35.5. The quantitative estimate of drug-likeness (QED) is 0.909. The molecule has 0 saturated heterocycles. The summed E-state index contributed by atoms with van der Waals surface area (Å²) in [4.78, 5) is 0. The van der Waals surface area contributed by atoms with Crippen LogP contribution in [0.3, 0.4) is 0 Å². The van der Waals surface area contributed by atoms with Crippen molar-refractivity contribution >= 4 is 22.9 Å². The van der Waals surface area contributed by atoms with Crippen LogP contribution in [0.25, 0.3) is 10.6 Å². The van der Waals surface area contributed by atoms with Gasteiger partial charge >= 0.3 is 0 Å². The van der Waals surface area contributed by atoms with Crippen LogP contribution in [0.4, 0.5) is 0 Å². The highest BCUT2D eigenvalue weighted by Crippen LogP contribution is 2.27. The molecule has 0 saturated carbocycles. The first kappa shape index (κ1) is 14.4. The molecule has 1 aromatic carbocycles. The van der Waals surface area contributed by atoms with Crippen LogP contribution >= 0.6 is 22.9 Å². The van der Waals surface area contributed by atoms with E-state index in [1.54, 1.807) is 11.3 Å². The molecule has 0 fully saturated rings. The molecule has 1 heterocycles. The number of benzene rings is 1. The first-order valence-electron chi connectivity index (χ1n) is 6.35. The Balaban J connectivity index is 2.07. The van der Waals surface area contributed by atoms with E-state index in [1.165, 1.54) is 0 Å². The second-order valence-electron chi connectivity index (χ2n) is 5.04. The molecule has 0 unspecified atom stereocenters. The van der Waals surface area contributed by atoms with Gasteiger partial charge in [0.05, 0.1) is 0 Å². The van der Waals surface area contributed by atoms with Crippen molar-refractivity contribution in [2.24, 2.45) is 5.92 Å². The number of hydrogen-bond acceptors (Lipinski definition) is 4. The summed E-state index contributed by atoms with van der Waals surface area (Å²) >= 11 is 7.68. The Kier molecular flexibility index (Phi) is 4.91. The van der Waals surface area contributed by atoms with Crippen LogP contribution in [0.15, 0.2) is 18.2 Å². The van der Waals surface area contributed by atoms with Crippen molar-refractivity contribution in [3.63, 3.8) is 0 Å². The van der Waals surface area contributed by atoms with Crippen LogP contribution in [0, 0.1) is 12.8 Å². The second-order valence-corrected chi connectivity index (χ2v) is 6.54. The Labute approximate surface area is 123 Å². The molecule has 0 atom stereocenters. The number of nitrogens with zero attached hydrogens (tertiary/aromatic N) is 2. The van der Waals surface area contributed by atoms with Gasteiger partial charge in [-0.3, -0.25) is 0 Å². The van der Waals surface area contributed by atoms with E-state index in [4.69, 9.17) is 11.6 Å². The van der Waals surface area contributed by atoms with E-state index in [2.05, 4.69) is 35.4 Å². The lowest BCUT2D eigenvalue weighted by molar-refractivity contribution is 0.550. The predicted molar refractivity (Wildman–Crippen MR) is 81.6 cm³/mol. The van der Waals surface area contributed by atoms with Gasteiger partial charge in [0.2, 0.25) is 0 Å². The zero-order valence-electron chi connectivity index (χ0n) is 11.4. The average Bonchev–Trinajstić information content (AvgIpc) is 2.76. The van der Waals surface area contributed by atoms with E-state index in [-0.39, 0.29) is 0 Å². The van der Waals surface area contributed by atoms with Crippen molar-refractivity contribution in [2.45, 2.75) is 27.3 Å². The van der Waals surface area contributed by atoms with Crippen LogP contribution in [0.2, 0.25) is 5.02 Å². The van der Waals surface area contributed by atoms with Gasteiger partial charge in [0.1, 0.15) is 10.0 Å². The fourth-order valence-corrected chi connectivity index (χ4v) is 2.86. The smallest absolute Gasteiger partial charge is 0.147 e.